The summed E-state index contributed by atoms with van der Waals surface area (Å²) in [6.07, 6.45) is 0. The largest absolute Gasteiger partial charge is 0.323 e. The fraction of sp³-hybridized carbons (Fsp3) is 0.167. The maximum Gasteiger partial charge on any atom is 0.323 e. The third-order valence-corrected chi connectivity index (χ3v) is 2.79. The first-order valence-electron chi connectivity index (χ1n) is 4.99. The summed E-state index contributed by atoms with van der Waals surface area (Å²) in [5.41, 5.74) is 2.09. The molecule has 0 bridgehead atoms. The maximum absolute atomic E-state index is 11.0. The van der Waals surface area contributed by atoms with Crippen molar-refractivity contribution in [3.8, 4) is 11.8 Å². The van der Waals surface area contributed by atoms with Gasteiger partial charge in [0.05, 0.1) is 16.8 Å². The molecular weight excluding hydrogens is 236 g/mol. The van der Waals surface area contributed by atoms with Gasteiger partial charge in [0.15, 0.2) is 5.12 Å². The molecule has 4 nitrogen and oxygen atoms in total. The van der Waals surface area contributed by atoms with Crippen molar-refractivity contribution < 1.29 is 4.79 Å². The average molecular weight is 246 g/mol. The maximum atomic E-state index is 11.0. The summed E-state index contributed by atoms with van der Waals surface area (Å²) < 4.78 is 0. The predicted octanol–water partition coefficient (Wildman–Crippen LogP) is 1.49. The molecule has 2 aromatic rings. The molecule has 0 unspecified atom stereocenters. The number of carbonyl (C=O) groups excluding carboxylic acids is 1. The zero-order valence-corrected chi connectivity index (χ0v) is 9.98. The van der Waals surface area contributed by atoms with Crippen LogP contribution in [0.1, 0.15) is 12.5 Å². The molecule has 17 heavy (non-hydrogen) atoms. The zero-order valence-electron chi connectivity index (χ0n) is 9.16. The van der Waals surface area contributed by atoms with E-state index in [0.29, 0.717) is 5.75 Å². The summed E-state index contributed by atoms with van der Waals surface area (Å²) in [6, 6.07) is 5.44. The van der Waals surface area contributed by atoms with Crippen LogP contribution in [0.3, 0.4) is 0 Å². The Labute approximate surface area is 102 Å². The van der Waals surface area contributed by atoms with E-state index in [9.17, 15) is 9.59 Å². The highest BCUT2D eigenvalue weighted by Crippen LogP contribution is 2.09. The van der Waals surface area contributed by atoms with E-state index in [1.165, 1.54) is 18.7 Å². The molecule has 0 aliphatic carbocycles. The van der Waals surface area contributed by atoms with Crippen LogP contribution in [0.4, 0.5) is 0 Å². The van der Waals surface area contributed by atoms with E-state index in [4.69, 9.17) is 0 Å². The lowest BCUT2D eigenvalue weighted by atomic mass is 10.2. The highest BCUT2D eigenvalue weighted by atomic mass is 32.2. The molecule has 0 radical (unpaired) electrons. The quantitative estimate of drug-likeness (QED) is 0.749. The highest BCUT2D eigenvalue weighted by molar-refractivity contribution is 8.13. The van der Waals surface area contributed by atoms with Gasteiger partial charge in [0, 0.05) is 12.5 Å². The summed E-state index contributed by atoms with van der Waals surface area (Å²) in [7, 11) is 0. The Hall–Kier alpha value is -1.93. The molecule has 1 aromatic carbocycles. The van der Waals surface area contributed by atoms with Gasteiger partial charge in [-0.05, 0) is 18.2 Å². The molecule has 0 spiro atoms. The Balaban J connectivity index is 2.18. The number of nitrogens with one attached hydrogen (secondary N) is 2. The fourth-order valence-electron chi connectivity index (χ4n) is 1.39. The molecule has 0 aliphatic rings. The Morgan fingerprint density at radius 1 is 1.35 bits per heavy atom. The minimum atomic E-state index is -0.225. The summed E-state index contributed by atoms with van der Waals surface area (Å²) in [5, 5.41) is 0.0599. The lowest BCUT2D eigenvalue weighted by Crippen LogP contribution is -1.99. The summed E-state index contributed by atoms with van der Waals surface area (Å²) >= 11 is 1.18. The average Bonchev–Trinajstić information content (AvgIpc) is 2.63. The van der Waals surface area contributed by atoms with Crippen molar-refractivity contribution in [2.45, 2.75) is 6.92 Å². The molecular formula is C12H10N2O2S. The van der Waals surface area contributed by atoms with Crippen molar-refractivity contribution in [2.75, 3.05) is 5.75 Å². The van der Waals surface area contributed by atoms with Crippen LogP contribution in [0.5, 0.6) is 0 Å². The molecule has 0 fully saturated rings. The molecule has 2 N–H and O–H groups in total. The lowest BCUT2D eigenvalue weighted by Gasteiger charge is -1.90. The molecule has 0 aliphatic heterocycles. The molecule has 0 saturated carbocycles. The standard InChI is InChI=1S/C12H10N2O2S/c1-8(15)17-6-2-3-9-4-5-10-11(7-9)14-12(16)13-10/h4-5,7H,6H2,1H3,(H2,13,14,16). The topological polar surface area (TPSA) is 65.7 Å². The first-order valence-corrected chi connectivity index (χ1v) is 5.98. The van der Waals surface area contributed by atoms with Gasteiger partial charge in [-0.15, -0.1) is 0 Å². The number of aromatic amines is 2. The zero-order chi connectivity index (χ0) is 12.3. The van der Waals surface area contributed by atoms with E-state index in [1.54, 1.807) is 12.1 Å². The second kappa shape index (κ2) is 4.93. The van der Waals surface area contributed by atoms with Gasteiger partial charge in [-0.2, -0.15) is 0 Å². The first-order chi connectivity index (χ1) is 8.15. The van der Waals surface area contributed by atoms with Gasteiger partial charge in [-0.1, -0.05) is 23.6 Å². The number of thioether (sulfide) groups is 1. The van der Waals surface area contributed by atoms with Gasteiger partial charge < -0.3 is 9.97 Å². The monoisotopic (exact) mass is 246 g/mol. The van der Waals surface area contributed by atoms with Crippen molar-refractivity contribution in [2.24, 2.45) is 0 Å². The minimum absolute atomic E-state index is 0.0599. The number of benzene rings is 1. The van der Waals surface area contributed by atoms with Crippen molar-refractivity contribution >= 4 is 27.9 Å². The van der Waals surface area contributed by atoms with Gasteiger partial charge in [0.2, 0.25) is 0 Å². The Morgan fingerprint density at radius 2 is 2.12 bits per heavy atom. The number of carbonyl (C=O) groups is 1. The van der Waals surface area contributed by atoms with E-state index in [1.807, 2.05) is 6.07 Å². The molecule has 86 valence electrons. The van der Waals surface area contributed by atoms with E-state index >= 15 is 0 Å². The van der Waals surface area contributed by atoms with Gasteiger partial charge in [0.25, 0.3) is 0 Å². The van der Waals surface area contributed by atoms with Crippen LogP contribution in [0, 0.1) is 11.8 Å². The van der Waals surface area contributed by atoms with Crippen molar-refractivity contribution in [1.82, 2.24) is 9.97 Å². The molecule has 2 rings (SSSR count). The number of hydrogen-bond donors (Lipinski definition) is 2. The number of rotatable bonds is 1. The fourth-order valence-corrected chi connectivity index (χ4v) is 1.73. The third-order valence-electron chi connectivity index (χ3n) is 2.10. The van der Waals surface area contributed by atoms with E-state index in [-0.39, 0.29) is 10.8 Å². The Kier molecular flexibility index (Phi) is 3.35. The third kappa shape index (κ3) is 3.02. The molecule has 0 atom stereocenters. The second-order valence-corrected chi connectivity index (χ2v) is 4.57. The normalized spacial score (nSPS) is 9.94. The van der Waals surface area contributed by atoms with Gasteiger partial charge >= 0.3 is 5.69 Å². The number of hydrogen-bond acceptors (Lipinski definition) is 3. The number of aromatic nitrogens is 2. The molecule has 1 heterocycles. The summed E-state index contributed by atoms with van der Waals surface area (Å²) in [4.78, 5) is 27.1. The Morgan fingerprint density at radius 3 is 2.88 bits per heavy atom. The van der Waals surface area contributed by atoms with Crippen molar-refractivity contribution in [1.29, 1.82) is 0 Å². The van der Waals surface area contributed by atoms with Crippen LogP contribution in [-0.4, -0.2) is 20.8 Å². The highest BCUT2D eigenvalue weighted by Gasteiger charge is 1.97. The number of H-pyrrole nitrogens is 2. The summed E-state index contributed by atoms with van der Waals surface area (Å²) in [5.74, 6) is 6.32. The second-order valence-electron chi connectivity index (χ2n) is 3.42. The van der Waals surface area contributed by atoms with Gasteiger partial charge in [-0.3, -0.25) is 4.79 Å². The van der Waals surface area contributed by atoms with E-state index in [2.05, 4.69) is 21.8 Å². The first kappa shape index (κ1) is 11.6. The minimum Gasteiger partial charge on any atom is -0.306 e. The van der Waals surface area contributed by atoms with Crippen LogP contribution < -0.4 is 5.69 Å². The SMILES string of the molecule is CC(=O)SCC#Cc1ccc2[nH]c(=O)[nH]c2c1. The van der Waals surface area contributed by atoms with Crippen molar-refractivity contribution in [3.05, 3.63) is 34.2 Å². The summed E-state index contributed by atoms with van der Waals surface area (Å²) in [6.45, 7) is 1.52. The van der Waals surface area contributed by atoms with Crippen LogP contribution in [0.2, 0.25) is 0 Å². The smallest absolute Gasteiger partial charge is 0.306 e. The van der Waals surface area contributed by atoms with Crippen LogP contribution in [-0.2, 0) is 4.79 Å². The molecule has 0 amide bonds. The molecule has 0 saturated heterocycles. The number of imidazole rings is 1. The lowest BCUT2D eigenvalue weighted by molar-refractivity contribution is -0.109. The van der Waals surface area contributed by atoms with E-state index in [0.717, 1.165) is 16.6 Å². The van der Waals surface area contributed by atoms with Crippen molar-refractivity contribution in [3.63, 3.8) is 0 Å². The van der Waals surface area contributed by atoms with Crippen LogP contribution >= 0.6 is 11.8 Å². The molecule has 1 aromatic heterocycles. The van der Waals surface area contributed by atoms with E-state index < -0.39 is 0 Å². The van der Waals surface area contributed by atoms with Crippen LogP contribution in [0.15, 0.2) is 23.0 Å². The van der Waals surface area contributed by atoms with Gasteiger partial charge in [0.1, 0.15) is 0 Å². The Bertz CT molecular complexity index is 673. The predicted molar refractivity (Wildman–Crippen MR) is 68.9 cm³/mol. The van der Waals surface area contributed by atoms with Gasteiger partial charge in [-0.25, -0.2) is 4.79 Å². The molecule has 5 heteroatoms. The van der Waals surface area contributed by atoms with Crippen LogP contribution in [0.25, 0.3) is 11.0 Å². The number of fused-ring (bicyclic) bond motifs is 1.